The van der Waals surface area contributed by atoms with Crippen molar-refractivity contribution in [3.63, 3.8) is 0 Å². The Bertz CT molecular complexity index is 829. The molecule has 1 aromatic carbocycles. The van der Waals surface area contributed by atoms with Gasteiger partial charge in [0.25, 0.3) is 5.89 Å². The third kappa shape index (κ3) is 2.75. The summed E-state index contributed by atoms with van der Waals surface area (Å²) in [6, 6.07) is 11.1. The molecular weight excluding hydrogens is 334 g/mol. The lowest BCUT2D eigenvalue weighted by atomic mass is 10.1. The summed E-state index contributed by atoms with van der Waals surface area (Å²) in [5.41, 5.74) is 0.837. The minimum Gasteiger partial charge on any atom is -0.333 e. The maximum absolute atomic E-state index is 12.3. The number of hydrogen-bond acceptors (Lipinski definition) is 5. The summed E-state index contributed by atoms with van der Waals surface area (Å²) in [6.45, 7) is 0.546. The van der Waals surface area contributed by atoms with Gasteiger partial charge in [-0.3, -0.25) is 4.79 Å². The van der Waals surface area contributed by atoms with Crippen LogP contribution in [-0.2, 0) is 4.79 Å². The van der Waals surface area contributed by atoms with Crippen LogP contribution in [0.3, 0.4) is 0 Å². The van der Waals surface area contributed by atoms with Crippen molar-refractivity contribution in [1.29, 1.82) is 0 Å². The zero-order valence-corrected chi connectivity index (χ0v) is 13.5. The highest BCUT2D eigenvalue weighted by Crippen LogP contribution is 2.32. The highest BCUT2D eigenvalue weighted by atomic mass is 35.5. The number of carbonyl (C=O) groups excluding carboxylic acids is 1. The summed E-state index contributed by atoms with van der Waals surface area (Å²) in [7, 11) is 0. The molecule has 0 spiro atoms. The highest BCUT2D eigenvalue weighted by molar-refractivity contribution is 7.13. The normalized spacial score (nSPS) is 17.9. The molecule has 1 aliphatic rings. The maximum Gasteiger partial charge on any atom is 0.267 e. The van der Waals surface area contributed by atoms with Gasteiger partial charge < -0.3 is 9.42 Å². The second-order valence-electron chi connectivity index (χ2n) is 5.32. The first-order valence-electron chi connectivity index (χ1n) is 7.14. The van der Waals surface area contributed by atoms with Gasteiger partial charge in [0.15, 0.2) is 5.82 Å². The van der Waals surface area contributed by atoms with E-state index in [-0.39, 0.29) is 11.8 Å². The topological polar surface area (TPSA) is 59.2 Å². The number of benzene rings is 1. The van der Waals surface area contributed by atoms with Gasteiger partial charge in [-0.05, 0) is 35.7 Å². The zero-order chi connectivity index (χ0) is 15.8. The van der Waals surface area contributed by atoms with E-state index in [9.17, 15) is 4.79 Å². The first-order valence-corrected chi connectivity index (χ1v) is 8.40. The number of amides is 1. The Kier molecular flexibility index (Phi) is 3.63. The average Bonchev–Trinajstić information content (AvgIpc) is 3.27. The molecule has 23 heavy (non-hydrogen) atoms. The molecule has 1 saturated heterocycles. The Labute approximate surface area is 141 Å². The van der Waals surface area contributed by atoms with E-state index in [0.717, 1.165) is 10.6 Å². The molecule has 3 aromatic rings. The van der Waals surface area contributed by atoms with Gasteiger partial charge in [-0.2, -0.15) is 4.98 Å². The number of halogens is 1. The Morgan fingerprint density at radius 1 is 1.26 bits per heavy atom. The Hall–Kier alpha value is -2.18. The van der Waals surface area contributed by atoms with Crippen molar-refractivity contribution in [3.8, 4) is 10.8 Å². The quantitative estimate of drug-likeness (QED) is 0.720. The van der Waals surface area contributed by atoms with Gasteiger partial charge >= 0.3 is 0 Å². The SMILES string of the molecule is O=C1CC(c2noc(-c3cccs3)n2)CN1c1ccc(Cl)cc1. The van der Waals surface area contributed by atoms with Crippen LogP contribution in [0, 0.1) is 0 Å². The molecule has 1 aliphatic heterocycles. The fourth-order valence-electron chi connectivity index (χ4n) is 2.65. The molecule has 4 rings (SSSR count). The minimum atomic E-state index is -0.0596. The first kappa shape index (κ1) is 14.4. The molecule has 5 nitrogen and oxygen atoms in total. The van der Waals surface area contributed by atoms with Crippen LogP contribution >= 0.6 is 22.9 Å². The summed E-state index contributed by atoms with van der Waals surface area (Å²) in [6.07, 6.45) is 0.381. The molecule has 7 heteroatoms. The molecule has 0 radical (unpaired) electrons. The summed E-state index contributed by atoms with van der Waals surface area (Å²) in [4.78, 5) is 19.4. The van der Waals surface area contributed by atoms with Crippen LogP contribution in [0.15, 0.2) is 46.3 Å². The standard InChI is InChI=1S/C16H12ClN3O2S/c17-11-3-5-12(6-4-11)20-9-10(8-14(20)21)15-18-16(22-19-15)13-2-1-7-23-13/h1-7,10H,8-9H2. The summed E-state index contributed by atoms with van der Waals surface area (Å²) in [5.74, 6) is 1.08. The smallest absolute Gasteiger partial charge is 0.267 e. The van der Waals surface area contributed by atoms with Crippen LogP contribution in [0.2, 0.25) is 5.02 Å². The number of thiophene rings is 1. The fraction of sp³-hybridized carbons (Fsp3) is 0.188. The summed E-state index contributed by atoms with van der Waals surface area (Å²) in [5, 5.41) is 6.66. The van der Waals surface area contributed by atoms with Crippen molar-refractivity contribution >= 4 is 34.5 Å². The lowest BCUT2D eigenvalue weighted by Crippen LogP contribution is -2.24. The van der Waals surface area contributed by atoms with Gasteiger partial charge in [0.2, 0.25) is 5.91 Å². The van der Waals surface area contributed by atoms with Crippen LogP contribution < -0.4 is 4.90 Å². The lowest BCUT2D eigenvalue weighted by Gasteiger charge is -2.16. The van der Waals surface area contributed by atoms with Crippen molar-refractivity contribution in [1.82, 2.24) is 10.1 Å². The van der Waals surface area contributed by atoms with Crippen LogP contribution in [0.5, 0.6) is 0 Å². The molecular formula is C16H12ClN3O2S. The Balaban J connectivity index is 1.55. The van der Waals surface area contributed by atoms with Crippen LogP contribution in [0.1, 0.15) is 18.2 Å². The van der Waals surface area contributed by atoms with Gasteiger partial charge in [-0.15, -0.1) is 11.3 Å². The number of carbonyl (C=O) groups is 1. The monoisotopic (exact) mass is 345 g/mol. The number of rotatable bonds is 3. The second kappa shape index (κ2) is 5.79. The molecule has 1 amide bonds. The van der Waals surface area contributed by atoms with Crippen molar-refractivity contribution in [2.45, 2.75) is 12.3 Å². The largest absolute Gasteiger partial charge is 0.333 e. The predicted octanol–water partition coefficient (Wildman–Crippen LogP) is 3.97. The first-order chi connectivity index (χ1) is 11.2. The molecule has 0 bridgehead atoms. The number of aromatic nitrogens is 2. The molecule has 0 aliphatic carbocycles. The molecule has 0 N–H and O–H groups in total. The van der Waals surface area contributed by atoms with Crippen molar-refractivity contribution in [2.75, 3.05) is 11.4 Å². The highest BCUT2D eigenvalue weighted by Gasteiger charge is 2.34. The minimum absolute atomic E-state index is 0.0554. The third-order valence-electron chi connectivity index (χ3n) is 3.80. The van der Waals surface area contributed by atoms with Gasteiger partial charge in [-0.25, -0.2) is 0 Å². The van der Waals surface area contributed by atoms with Crippen LogP contribution in [0.25, 0.3) is 10.8 Å². The van der Waals surface area contributed by atoms with E-state index in [1.54, 1.807) is 28.4 Å². The Morgan fingerprint density at radius 3 is 2.83 bits per heavy atom. The lowest BCUT2D eigenvalue weighted by molar-refractivity contribution is -0.117. The molecule has 3 heterocycles. The van der Waals surface area contributed by atoms with E-state index in [0.29, 0.717) is 29.7 Å². The molecule has 1 atom stereocenters. The number of anilines is 1. The maximum atomic E-state index is 12.3. The van der Waals surface area contributed by atoms with Gasteiger partial charge in [0.1, 0.15) is 0 Å². The zero-order valence-electron chi connectivity index (χ0n) is 12.0. The van der Waals surface area contributed by atoms with Crippen molar-refractivity contribution in [3.05, 3.63) is 52.6 Å². The summed E-state index contributed by atoms with van der Waals surface area (Å²) >= 11 is 7.44. The average molecular weight is 346 g/mol. The third-order valence-corrected chi connectivity index (χ3v) is 4.91. The molecule has 116 valence electrons. The number of hydrogen-bond donors (Lipinski definition) is 0. The fourth-order valence-corrected chi connectivity index (χ4v) is 3.42. The molecule has 1 unspecified atom stereocenters. The molecule has 2 aromatic heterocycles. The van der Waals surface area contributed by atoms with Gasteiger partial charge in [0.05, 0.1) is 4.88 Å². The van der Waals surface area contributed by atoms with E-state index in [1.807, 2.05) is 29.6 Å². The molecule has 0 saturated carbocycles. The van der Waals surface area contributed by atoms with E-state index < -0.39 is 0 Å². The van der Waals surface area contributed by atoms with Gasteiger partial charge in [-0.1, -0.05) is 22.8 Å². The molecule has 1 fully saturated rings. The van der Waals surface area contributed by atoms with Crippen LogP contribution in [-0.4, -0.2) is 22.6 Å². The van der Waals surface area contributed by atoms with E-state index in [4.69, 9.17) is 16.1 Å². The summed E-state index contributed by atoms with van der Waals surface area (Å²) < 4.78 is 5.32. The van der Waals surface area contributed by atoms with Gasteiger partial charge in [0, 0.05) is 29.6 Å². The Morgan fingerprint density at radius 2 is 2.09 bits per heavy atom. The van der Waals surface area contributed by atoms with Crippen molar-refractivity contribution < 1.29 is 9.32 Å². The van der Waals surface area contributed by atoms with E-state index >= 15 is 0 Å². The second-order valence-corrected chi connectivity index (χ2v) is 6.70. The number of nitrogens with zero attached hydrogens (tertiary/aromatic N) is 3. The van der Waals surface area contributed by atoms with Crippen molar-refractivity contribution in [2.24, 2.45) is 0 Å². The van der Waals surface area contributed by atoms with Crippen LogP contribution in [0.4, 0.5) is 5.69 Å². The predicted molar refractivity (Wildman–Crippen MR) is 88.8 cm³/mol. The van der Waals surface area contributed by atoms with E-state index in [2.05, 4.69) is 10.1 Å². The van der Waals surface area contributed by atoms with E-state index in [1.165, 1.54) is 0 Å².